The van der Waals surface area contributed by atoms with Crippen LogP contribution < -0.4 is 0 Å². The van der Waals surface area contributed by atoms with Crippen LogP contribution in [0.2, 0.25) is 0 Å². The van der Waals surface area contributed by atoms with Crippen molar-refractivity contribution in [2.24, 2.45) is 0 Å². The third-order valence-electron chi connectivity index (χ3n) is 2.78. The maximum absolute atomic E-state index is 4.40. The average molecular weight is 211 g/mol. The Morgan fingerprint density at radius 1 is 1.25 bits per heavy atom. The molecule has 3 nitrogen and oxygen atoms in total. The predicted octanol–water partition coefficient (Wildman–Crippen LogP) is 2.72. The minimum Gasteiger partial charge on any atom is -0.361 e. The predicted molar refractivity (Wildman–Crippen MR) is 64.4 cm³/mol. The highest BCUT2D eigenvalue weighted by molar-refractivity contribution is 5.82. The number of nitrogens with one attached hydrogen (secondary N) is 1. The van der Waals surface area contributed by atoms with E-state index >= 15 is 0 Å². The second-order valence-corrected chi connectivity index (χ2v) is 4.01. The van der Waals surface area contributed by atoms with Crippen LogP contribution in [0.3, 0.4) is 0 Å². The first kappa shape index (κ1) is 9.21. The molecule has 1 N–H and O–H groups in total. The Kier molecular flexibility index (Phi) is 2.03. The first-order valence-corrected chi connectivity index (χ1v) is 5.38. The number of rotatable bonds is 2. The summed E-state index contributed by atoms with van der Waals surface area (Å²) >= 11 is 0. The van der Waals surface area contributed by atoms with Gasteiger partial charge in [0.1, 0.15) is 0 Å². The smallest absolute Gasteiger partial charge is 0.0680 e. The van der Waals surface area contributed by atoms with E-state index in [-0.39, 0.29) is 0 Å². The van der Waals surface area contributed by atoms with Gasteiger partial charge in [-0.25, -0.2) is 0 Å². The van der Waals surface area contributed by atoms with Crippen LogP contribution in [0.25, 0.3) is 10.9 Å². The van der Waals surface area contributed by atoms with Gasteiger partial charge in [0.2, 0.25) is 0 Å². The van der Waals surface area contributed by atoms with E-state index in [1.807, 2.05) is 29.9 Å². The van der Waals surface area contributed by atoms with E-state index in [0.29, 0.717) is 0 Å². The second kappa shape index (κ2) is 3.52. The molecule has 3 heteroatoms. The van der Waals surface area contributed by atoms with Gasteiger partial charge in [-0.2, -0.15) is 5.10 Å². The molecule has 0 radical (unpaired) electrons. The summed E-state index contributed by atoms with van der Waals surface area (Å²) in [5.74, 6) is 0. The number of hydrogen-bond acceptors (Lipinski definition) is 1. The Bertz CT molecular complexity index is 619. The van der Waals surface area contributed by atoms with Crippen LogP contribution in [0.1, 0.15) is 11.3 Å². The standard InChI is InChI=1S/C13H13N3/c1-10-6-7-16(15-10)9-11-8-14-13-5-3-2-4-12(11)13/h2-8,14H,9H2,1H3. The van der Waals surface area contributed by atoms with Gasteiger partial charge in [0.05, 0.1) is 12.2 Å². The minimum atomic E-state index is 0.817. The summed E-state index contributed by atoms with van der Waals surface area (Å²) in [5, 5.41) is 5.67. The molecule has 0 bridgehead atoms. The third kappa shape index (κ3) is 1.50. The van der Waals surface area contributed by atoms with Crippen LogP contribution in [0.15, 0.2) is 42.7 Å². The van der Waals surface area contributed by atoms with E-state index in [4.69, 9.17) is 0 Å². The number of aryl methyl sites for hydroxylation is 1. The Balaban J connectivity index is 2.00. The molecular weight excluding hydrogens is 198 g/mol. The fourth-order valence-electron chi connectivity index (χ4n) is 1.99. The zero-order chi connectivity index (χ0) is 11.0. The van der Waals surface area contributed by atoms with E-state index in [2.05, 4.69) is 34.5 Å². The molecule has 0 aliphatic carbocycles. The summed E-state index contributed by atoms with van der Waals surface area (Å²) in [6.07, 6.45) is 4.07. The number of nitrogens with zero attached hydrogens (tertiary/aromatic N) is 2. The van der Waals surface area contributed by atoms with Crippen molar-refractivity contribution >= 4 is 10.9 Å². The van der Waals surface area contributed by atoms with Crippen molar-refractivity contribution in [1.29, 1.82) is 0 Å². The normalized spacial score (nSPS) is 11.1. The summed E-state index contributed by atoms with van der Waals surface area (Å²) in [5.41, 5.74) is 3.51. The number of benzene rings is 1. The second-order valence-electron chi connectivity index (χ2n) is 4.01. The molecular formula is C13H13N3. The SMILES string of the molecule is Cc1ccn(Cc2c[nH]c3ccccc23)n1. The van der Waals surface area contributed by atoms with Crippen molar-refractivity contribution in [2.45, 2.75) is 13.5 Å². The molecule has 0 aliphatic rings. The van der Waals surface area contributed by atoms with Crippen LogP contribution in [-0.4, -0.2) is 14.8 Å². The average Bonchev–Trinajstić information content (AvgIpc) is 2.87. The number of aromatic amines is 1. The summed E-state index contributed by atoms with van der Waals surface area (Å²) in [4.78, 5) is 3.27. The van der Waals surface area contributed by atoms with Crippen molar-refractivity contribution in [2.75, 3.05) is 0 Å². The van der Waals surface area contributed by atoms with Crippen LogP contribution in [-0.2, 0) is 6.54 Å². The molecule has 3 aromatic rings. The molecule has 0 spiro atoms. The minimum absolute atomic E-state index is 0.817. The van der Waals surface area contributed by atoms with Gasteiger partial charge in [0.15, 0.2) is 0 Å². The lowest BCUT2D eigenvalue weighted by molar-refractivity contribution is 0.682. The van der Waals surface area contributed by atoms with Crippen molar-refractivity contribution < 1.29 is 0 Å². The van der Waals surface area contributed by atoms with Crippen LogP contribution in [0.4, 0.5) is 0 Å². The molecule has 0 saturated carbocycles. The molecule has 0 unspecified atom stereocenters. The van der Waals surface area contributed by atoms with Crippen molar-refractivity contribution in [3.63, 3.8) is 0 Å². The van der Waals surface area contributed by atoms with E-state index in [9.17, 15) is 0 Å². The molecule has 3 rings (SSSR count). The molecule has 1 aromatic carbocycles. The van der Waals surface area contributed by atoms with Crippen LogP contribution in [0.5, 0.6) is 0 Å². The maximum Gasteiger partial charge on any atom is 0.0680 e. The van der Waals surface area contributed by atoms with E-state index in [1.165, 1.54) is 16.5 Å². The summed E-state index contributed by atoms with van der Waals surface area (Å²) in [6, 6.07) is 10.4. The Labute approximate surface area is 93.7 Å². The van der Waals surface area contributed by atoms with Crippen molar-refractivity contribution in [3.8, 4) is 0 Å². The largest absolute Gasteiger partial charge is 0.361 e. The number of aromatic nitrogens is 3. The zero-order valence-corrected chi connectivity index (χ0v) is 9.14. The van der Waals surface area contributed by atoms with E-state index in [1.54, 1.807) is 0 Å². The first-order valence-electron chi connectivity index (χ1n) is 5.38. The summed E-state index contributed by atoms with van der Waals surface area (Å²) in [7, 11) is 0. The molecule has 80 valence electrons. The molecule has 0 atom stereocenters. The van der Waals surface area contributed by atoms with Gasteiger partial charge in [-0.05, 0) is 24.6 Å². The van der Waals surface area contributed by atoms with Gasteiger partial charge in [0.25, 0.3) is 0 Å². The molecule has 2 heterocycles. The Morgan fingerprint density at radius 3 is 2.94 bits per heavy atom. The van der Waals surface area contributed by atoms with Crippen LogP contribution in [0, 0.1) is 6.92 Å². The molecule has 0 saturated heterocycles. The maximum atomic E-state index is 4.40. The lowest BCUT2D eigenvalue weighted by Crippen LogP contribution is -1.99. The number of fused-ring (bicyclic) bond motifs is 1. The fraction of sp³-hybridized carbons (Fsp3) is 0.154. The highest BCUT2D eigenvalue weighted by Crippen LogP contribution is 2.18. The fourth-order valence-corrected chi connectivity index (χ4v) is 1.99. The van der Waals surface area contributed by atoms with Gasteiger partial charge in [-0.15, -0.1) is 0 Å². The van der Waals surface area contributed by atoms with Crippen molar-refractivity contribution in [1.82, 2.24) is 14.8 Å². The lowest BCUT2D eigenvalue weighted by atomic mass is 10.2. The van der Waals surface area contributed by atoms with Gasteiger partial charge in [-0.3, -0.25) is 4.68 Å². The number of hydrogen-bond donors (Lipinski definition) is 1. The molecule has 16 heavy (non-hydrogen) atoms. The molecule has 0 amide bonds. The molecule has 0 fully saturated rings. The number of para-hydroxylation sites is 1. The van der Waals surface area contributed by atoms with Gasteiger partial charge in [0, 0.05) is 23.3 Å². The quantitative estimate of drug-likeness (QED) is 0.694. The van der Waals surface area contributed by atoms with E-state index < -0.39 is 0 Å². The Morgan fingerprint density at radius 2 is 2.12 bits per heavy atom. The summed E-state index contributed by atoms with van der Waals surface area (Å²) in [6.45, 7) is 2.82. The topological polar surface area (TPSA) is 33.6 Å². The zero-order valence-electron chi connectivity index (χ0n) is 9.14. The van der Waals surface area contributed by atoms with Gasteiger partial charge in [-0.1, -0.05) is 18.2 Å². The van der Waals surface area contributed by atoms with Gasteiger partial charge >= 0.3 is 0 Å². The Hall–Kier alpha value is -2.03. The monoisotopic (exact) mass is 211 g/mol. The van der Waals surface area contributed by atoms with Gasteiger partial charge < -0.3 is 4.98 Å². The lowest BCUT2D eigenvalue weighted by Gasteiger charge is -1.99. The highest BCUT2D eigenvalue weighted by atomic mass is 15.3. The van der Waals surface area contributed by atoms with Crippen LogP contribution >= 0.6 is 0 Å². The van der Waals surface area contributed by atoms with Crippen molar-refractivity contribution in [3.05, 3.63) is 54.0 Å². The molecule has 0 aliphatic heterocycles. The molecule has 2 aromatic heterocycles. The van der Waals surface area contributed by atoms with E-state index in [0.717, 1.165) is 12.2 Å². The first-order chi connectivity index (χ1) is 7.83. The number of H-pyrrole nitrogens is 1. The third-order valence-corrected chi connectivity index (χ3v) is 2.78. The summed E-state index contributed by atoms with van der Waals surface area (Å²) < 4.78 is 1.96. The highest BCUT2D eigenvalue weighted by Gasteiger charge is 2.03.